The molecule has 37 heavy (non-hydrogen) atoms. The van der Waals surface area contributed by atoms with E-state index < -0.39 is 28.7 Å². The van der Waals surface area contributed by atoms with Gasteiger partial charge in [-0.25, -0.2) is 4.98 Å². The van der Waals surface area contributed by atoms with Crippen LogP contribution in [0, 0.1) is 10.1 Å². The molecule has 0 fully saturated rings. The predicted molar refractivity (Wildman–Crippen MR) is 137 cm³/mol. The van der Waals surface area contributed by atoms with E-state index in [1.165, 1.54) is 12.3 Å². The number of hydrogen-bond acceptors (Lipinski definition) is 8. The van der Waals surface area contributed by atoms with E-state index in [0.717, 1.165) is 16.1 Å². The second kappa shape index (κ2) is 9.55. The molecule has 2 aromatic heterocycles. The predicted octanol–water partition coefficient (Wildman–Crippen LogP) is 4.12. The lowest BCUT2D eigenvalue weighted by atomic mass is 10.2. The molecule has 0 aliphatic carbocycles. The van der Waals surface area contributed by atoms with E-state index in [-0.39, 0.29) is 22.2 Å². The Labute approximate surface area is 212 Å². The highest BCUT2D eigenvalue weighted by Crippen LogP contribution is 2.36. The van der Waals surface area contributed by atoms with Crippen molar-refractivity contribution in [3.05, 3.63) is 97.8 Å². The maximum Gasteiger partial charge on any atom is 0.313 e. The normalized spacial score (nSPS) is 11.4. The number of nitro groups is 1. The number of carbonyl (C=O) groups excluding carboxylic acids is 1. The molecule has 0 aliphatic heterocycles. The summed E-state index contributed by atoms with van der Waals surface area (Å²) in [5.41, 5.74) is 5.32. The highest BCUT2D eigenvalue weighted by Gasteiger charge is 2.21. The Hall–Kier alpha value is -5.03. The van der Waals surface area contributed by atoms with Crippen molar-refractivity contribution in [1.82, 2.24) is 9.66 Å². The highest BCUT2D eigenvalue weighted by atomic mass is 35.5. The van der Waals surface area contributed by atoms with Gasteiger partial charge in [-0.1, -0.05) is 41.9 Å². The molecule has 12 heteroatoms. The summed E-state index contributed by atoms with van der Waals surface area (Å²) in [6.45, 7) is -0.590. The molecule has 184 valence electrons. The van der Waals surface area contributed by atoms with Gasteiger partial charge >= 0.3 is 5.69 Å². The molecular weight excluding hydrogens is 502 g/mol. The molecule has 11 nitrogen and oxygen atoms in total. The maximum atomic E-state index is 13.4. The van der Waals surface area contributed by atoms with Gasteiger partial charge in [0.05, 0.1) is 27.1 Å². The van der Waals surface area contributed by atoms with E-state index in [1.54, 1.807) is 36.4 Å². The van der Waals surface area contributed by atoms with Crippen LogP contribution in [0.3, 0.4) is 0 Å². The summed E-state index contributed by atoms with van der Waals surface area (Å²) in [6.07, 6.45) is 1.22. The minimum atomic E-state index is -0.822. The third-order valence-electron chi connectivity index (χ3n) is 5.32. The van der Waals surface area contributed by atoms with E-state index in [9.17, 15) is 19.7 Å². The van der Waals surface area contributed by atoms with Crippen LogP contribution in [0.4, 0.5) is 5.69 Å². The SMILES string of the molecule is NC(=O)COc1c(Cl)cc(C=Nn2c(-c3cc4ccccc4o3)nc3ccccc3c2=O)cc1[N+](=O)[O-]. The topological polar surface area (TPSA) is 156 Å². The number of benzene rings is 3. The number of hydrogen-bond donors (Lipinski definition) is 1. The van der Waals surface area contributed by atoms with E-state index in [2.05, 4.69) is 10.1 Å². The number of furan rings is 1. The summed E-state index contributed by atoms with van der Waals surface area (Å²) in [6, 6.07) is 18.3. The number of nitrogens with zero attached hydrogens (tertiary/aromatic N) is 4. The Bertz CT molecular complexity index is 1760. The molecule has 3 aromatic carbocycles. The molecule has 5 aromatic rings. The number of carbonyl (C=O) groups is 1. The molecule has 0 unspecified atom stereocenters. The first-order valence-corrected chi connectivity index (χ1v) is 11.1. The van der Waals surface area contributed by atoms with Crippen molar-refractivity contribution in [2.45, 2.75) is 0 Å². The van der Waals surface area contributed by atoms with Gasteiger partial charge in [0.25, 0.3) is 11.5 Å². The summed E-state index contributed by atoms with van der Waals surface area (Å²) in [4.78, 5) is 39.9. The van der Waals surface area contributed by atoms with Crippen LogP contribution in [-0.4, -0.2) is 33.3 Å². The van der Waals surface area contributed by atoms with E-state index in [1.807, 2.05) is 18.2 Å². The van der Waals surface area contributed by atoms with Gasteiger partial charge in [-0.15, -0.1) is 0 Å². The number of amides is 1. The average Bonchev–Trinajstić information content (AvgIpc) is 3.31. The van der Waals surface area contributed by atoms with Gasteiger partial charge in [-0.3, -0.25) is 19.7 Å². The number of nitrogens with two attached hydrogens (primary N) is 1. The highest BCUT2D eigenvalue weighted by molar-refractivity contribution is 6.32. The van der Waals surface area contributed by atoms with Crippen LogP contribution in [0.15, 0.2) is 81.0 Å². The number of primary amides is 1. The Kier molecular flexibility index (Phi) is 6.12. The molecule has 0 radical (unpaired) electrons. The molecular formula is C25H16ClN5O6. The standard InChI is InChI=1S/C25H16ClN5O6/c26-17-9-14(10-19(31(34)35)23(17)36-13-22(27)32)12-28-30-24(21-11-15-5-1-4-8-20(15)37-21)29-18-7-3-2-6-16(18)25(30)33/h1-12H,13H2,(H2,27,32). The van der Waals surface area contributed by atoms with Crippen LogP contribution < -0.4 is 16.0 Å². The number of nitro benzene ring substituents is 1. The minimum Gasteiger partial charge on any atom is -0.476 e. The van der Waals surface area contributed by atoms with Crippen molar-refractivity contribution < 1.29 is 18.9 Å². The van der Waals surface area contributed by atoms with Gasteiger partial charge in [-0.05, 0) is 30.3 Å². The molecule has 0 bridgehead atoms. The lowest BCUT2D eigenvalue weighted by Gasteiger charge is -2.09. The molecule has 2 N–H and O–H groups in total. The second-order valence-corrected chi connectivity index (χ2v) is 8.23. The molecule has 0 aliphatic rings. The van der Waals surface area contributed by atoms with Gasteiger partial charge < -0.3 is 14.9 Å². The van der Waals surface area contributed by atoms with Crippen LogP contribution in [-0.2, 0) is 4.79 Å². The summed E-state index contributed by atoms with van der Waals surface area (Å²) in [7, 11) is 0. The number of halogens is 1. The van der Waals surface area contributed by atoms with Crippen molar-refractivity contribution in [2.75, 3.05) is 6.61 Å². The Morgan fingerprint density at radius 3 is 2.70 bits per heavy atom. The number of aromatic nitrogens is 2. The van der Waals surface area contributed by atoms with Gasteiger partial charge in [0.15, 0.2) is 12.4 Å². The van der Waals surface area contributed by atoms with Crippen molar-refractivity contribution in [1.29, 1.82) is 0 Å². The van der Waals surface area contributed by atoms with E-state index in [4.69, 9.17) is 26.5 Å². The van der Waals surface area contributed by atoms with Crippen molar-refractivity contribution in [2.24, 2.45) is 10.8 Å². The van der Waals surface area contributed by atoms with Crippen LogP contribution in [0.1, 0.15) is 5.56 Å². The van der Waals surface area contributed by atoms with Crippen LogP contribution >= 0.6 is 11.6 Å². The molecule has 0 atom stereocenters. The Morgan fingerprint density at radius 1 is 1.19 bits per heavy atom. The monoisotopic (exact) mass is 517 g/mol. The van der Waals surface area contributed by atoms with Crippen molar-refractivity contribution >= 4 is 51.3 Å². The summed E-state index contributed by atoms with van der Waals surface area (Å²) < 4.78 is 12.1. The fourth-order valence-corrected chi connectivity index (χ4v) is 3.98. The summed E-state index contributed by atoms with van der Waals surface area (Å²) in [5, 5.41) is 16.9. The quantitative estimate of drug-likeness (QED) is 0.193. The van der Waals surface area contributed by atoms with Crippen LogP contribution in [0.5, 0.6) is 5.75 Å². The zero-order valence-corrected chi connectivity index (χ0v) is 19.6. The largest absolute Gasteiger partial charge is 0.476 e. The van der Waals surface area contributed by atoms with Crippen molar-refractivity contribution in [3.63, 3.8) is 0 Å². The third-order valence-corrected chi connectivity index (χ3v) is 5.60. The minimum absolute atomic E-state index is 0.137. The number of fused-ring (bicyclic) bond motifs is 2. The van der Waals surface area contributed by atoms with Gasteiger partial charge in [0, 0.05) is 17.0 Å². The van der Waals surface area contributed by atoms with Crippen LogP contribution in [0.25, 0.3) is 33.5 Å². The average molecular weight is 518 g/mol. The maximum absolute atomic E-state index is 13.4. The third kappa shape index (κ3) is 4.62. The number of para-hydroxylation sites is 2. The van der Waals surface area contributed by atoms with Gasteiger partial charge in [0.2, 0.25) is 11.6 Å². The Balaban J connectivity index is 1.65. The first-order chi connectivity index (χ1) is 17.8. The number of ether oxygens (including phenoxy) is 1. The van der Waals surface area contributed by atoms with Gasteiger partial charge in [-0.2, -0.15) is 9.78 Å². The van der Waals surface area contributed by atoms with Crippen LogP contribution in [0.2, 0.25) is 5.02 Å². The number of rotatable bonds is 7. The molecule has 1 amide bonds. The molecule has 0 saturated carbocycles. The van der Waals surface area contributed by atoms with Crippen molar-refractivity contribution in [3.8, 4) is 17.3 Å². The fraction of sp³-hybridized carbons (Fsp3) is 0.0400. The first kappa shape index (κ1) is 23.7. The fourth-order valence-electron chi connectivity index (χ4n) is 3.70. The lowest BCUT2D eigenvalue weighted by molar-refractivity contribution is -0.385. The smallest absolute Gasteiger partial charge is 0.313 e. The first-order valence-electron chi connectivity index (χ1n) is 10.8. The molecule has 0 spiro atoms. The Morgan fingerprint density at radius 2 is 1.95 bits per heavy atom. The second-order valence-electron chi connectivity index (χ2n) is 7.83. The van der Waals surface area contributed by atoms with Gasteiger partial charge in [0.1, 0.15) is 5.58 Å². The van der Waals surface area contributed by atoms with E-state index >= 15 is 0 Å². The molecule has 0 saturated heterocycles. The summed E-state index contributed by atoms with van der Waals surface area (Å²) >= 11 is 6.19. The zero-order chi connectivity index (χ0) is 26.1. The van der Waals surface area contributed by atoms with E-state index in [0.29, 0.717) is 22.2 Å². The zero-order valence-electron chi connectivity index (χ0n) is 18.8. The molecule has 2 heterocycles. The lowest BCUT2D eigenvalue weighted by Crippen LogP contribution is -2.20. The molecule has 5 rings (SSSR count). The summed E-state index contributed by atoms with van der Waals surface area (Å²) in [5.74, 6) is -0.689.